The van der Waals surface area contributed by atoms with Crippen molar-refractivity contribution in [3.05, 3.63) is 48.4 Å². The van der Waals surface area contributed by atoms with Crippen LogP contribution in [0.1, 0.15) is 31.7 Å². The van der Waals surface area contributed by atoms with Crippen molar-refractivity contribution >= 4 is 23.1 Å². The molecule has 3 rings (SSSR count). The molecule has 2 aromatic rings. The molecular weight excluding hydrogens is 487 g/mol. The molecule has 1 aliphatic rings. The van der Waals surface area contributed by atoms with Gasteiger partial charge in [0.05, 0.1) is 23.7 Å². The zero-order valence-electron chi connectivity index (χ0n) is 19.5. The number of hydrogen-bond acceptors (Lipinski definition) is 8. The molecule has 1 saturated heterocycles. The molecular formula is C22H25F5N8O. The zero-order chi connectivity index (χ0) is 26.5. The van der Waals surface area contributed by atoms with E-state index >= 15 is 0 Å². The Morgan fingerprint density at radius 1 is 1.22 bits per heavy atom. The molecule has 1 aliphatic heterocycles. The summed E-state index contributed by atoms with van der Waals surface area (Å²) in [6.07, 6.45) is 0.318. The van der Waals surface area contributed by atoms with Crippen LogP contribution < -0.4 is 10.6 Å². The number of amides is 1. The maximum Gasteiger partial charge on any atom is 0.419 e. The van der Waals surface area contributed by atoms with Gasteiger partial charge in [0.1, 0.15) is 5.71 Å². The Kier molecular flexibility index (Phi) is 8.15. The highest BCUT2D eigenvalue weighted by atomic mass is 19.4. The quantitative estimate of drug-likeness (QED) is 0.367. The smallest absolute Gasteiger partial charge is 0.391 e. The normalized spacial score (nSPS) is 20.1. The SMILES string of the molecule is CCN/C=C(\C(=N)C(=O)N1CC(F)(F)C[C@@H](C)C1CNc1ncc(C(F)(F)F)cn1)c1ncccn1. The van der Waals surface area contributed by atoms with Crippen LogP contribution in [0.25, 0.3) is 5.57 Å². The molecule has 1 unspecified atom stereocenters. The predicted octanol–water partition coefficient (Wildman–Crippen LogP) is 3.24. The van der Waals surface area contributed by atoms with Crippen LogP contribution in [-0.2, 0) is 11.0 Å². The van der Waals surface area contributed by atoms with E-state index in [1.54, 1.807) is 13.0 Å². The fraction of sp³-hybridized carbons (Fsp3) is 0.455. The Hall–Kier alpha value is -3.71. The third-order valence-electron chi connectivity index (χ3n) is 5.53. The topological polar surface area (TPSA) is 120 Å². The van der Waals surface area contributed by atoms with Gasteiger partial charge in [-0.3, -0.25) is 10.2 Å². The Morgan fingerprint density at radius 2 is 1.86 bits per heavy atom. The Balaban J connectivity index is 1.84. The van der Waals surface area contributed by atoms with Gasteiger partial charge in [-0.2, -0.15) is 13.2 Å². The van der Waals surface area contributed by atoms with Crippen LogP contribution in [-0.4, -0.2) is 68.1 Å². The molecule has 0 aliphatic carbocycles. The van der Waals surface area contributed by atoms with E-state index in [0.717, 1.165) is 4.90 Å². The fourth-order valence-corrected chi connectivity index (χ4v) is 3.79. The number of anilines is 1. The van der Waals surface area contributed by atoms with Crippen molar-refractivity contribution in [1.82, 2.24) is 30.2 Å². The maximum atomic E-state index is 14.5. The van der Waals surface area contributed by atoms with Crippen LogP contribution >= 0.6 is 0 Å². The van der Waals surface area contributed by atoms with Crippen molar-refractivity contribution < 1.29 is 26.7 Å². The zero-order valence-corrected chi connectivity index (χ0v) is 19.5. The minimum absolute atomic E-state index is 0.0294. The third kappa shape index (κ3) is 6.49. The number of rotatable bonds is 8. The third-order valence-corrected chi connectivity index (χ3v) is 5.53. The summed E-state index contributed by atoms with van der Waals surface area (Å²) in [6, 6.07) is 0.734. The molecule has 3 N–H and O–H groups in total. The molecule has 1 amide bonds. The van der Waals surface area contributed by atoms with E-state index in [0.29, 0.717) is 18.9 Å². The van der Waals surface area contributed by atoms with Crippen molar-refractivity contribution in [3.63, 3.8) is 0 Å². The number of piperidine rings is 1. The number of alkyl halides is 5. The van der Waals surface area contributed by atoms with Gasteiger partial charge in [-0.1, -0.05) is 6.92 Å². The molecule has 0 radical (unpaired) electrons. The second-order valence-corrected chi connectivity index (χ2v) is 8.27. The number of carbonyl (C=O) groups excluding carboxylic acids is 1. The van der Waals surface area contributed by atoms with Gasteiger partial charge in [0.15, 0.2) is 5.82 Å². The summed E-state index contributed by atoms with van der Waals surface area (Å²) in [5.74, 6) is -4.94. The first-order valence-electron chi connectivity index (χ1n) is 11.0. The minimum Gasteiger partial charge on any atom is -0.391 e. The molecule has 3 heterocycles. The second kappa shape index (κ2) is 10.9. The average molecular weight is 512 g/mol. The predicted molar refractivity (Wildman–Crippen MR) is 121 cm³/mol. The molecule has 36 heavy (non-hydrogen) atoms. The van der Waals surface area contributed by atoms with Gasteiger partial charge in [0.25, 0.3) is 11.8 Å². The molecule has 9 nitrogen and oxygen atoms in total. The Morgan fingerprint density at radius 3 is 2.44 bits per heavy atom. The lowest BCUT2D eigenvalue weighted by Gasteiger charge is -2.43. The summed E-state index contributed by atoms with van der Waals surface area (Å²) in [7, 11) is 0. The lowest BCUT2D eigenvalue weighted by atomic mass is 9.87. The summed E-state index contributed by atoms with van der Waals surface area (Å²) in [4.78, 5) is 29.6. The molecule has 0 bridgehead atoms. The lowest BCUT2D eigenvalue weighted by molar-refractivity contribution is -0.145. The van der Waals surface area contributed by atoms with Crippen LogP contribution in [0.5, 0.6) is 0 Å². The molecule has 0 spiro atoms. The van der Waals surface area contributed by atoms with Crippen LogP contribution in [0, 0.1) is 11.3 Å². The summed E-state index contributed by atoms with van der Waals surface area (Å²) in [5.41, 5.74) is -1.59. The Labute approximate surface area is 203 Å². The summed E-state index contributed by atoms with van der Waals surface area (Å²) in [6.45, 7) is 2.75. The standard InChI is InChI=1S/C22H25F5N8O/c1-3-29-10-15(18-30-5-4-6-31-18)17(28)19(36)35-12-21(23,24)7-13(2)16(35)11-34-20-32-8-14(9-33-20)22(25,26)27/h4-6,8-10,13,16,28-29H,3,7,11-12H2,1-2H3,(H,32,33,34)/b15-10+,28-17?/t13-,16?/m1/s1. The minimum atomic E-state index is -4.61. The van der Waals surface area contributed by atoms with Gasteiger partial charge >= 0.3 is 6.18 Å². The lowest BCUT2D eigenvalue weighted by Crippen LogP contribution is -2.59. The van der Waals surface area contributed by atoms with Crippen molar-refractivity contribution in [2.24, 2.45) is 5.92 Å². The van der Waals surface area contributed by atoms with Gasteiger partial charge < -0.3 is 15.5 Å². The number of aromatic nitrogens is 4. The largest absolute Gasteiger partial charge is 0.419 e. The van der Waals surface area contributed by atoms with Crippen molar-refractivity contribution in [3.8, 4) is 0 Å². The van der Waals surface area contributed by atoms with Gasteiger partial charge in [0, 0.05) is 50.5 Å². The van der Waals surface area contributed by atoms with E-state index in [2.05, 4.69) is 30.6 Å². The molecule has 1 fully saturated rings. The van der Waals surface area contributed by atoms with E-state index in [9.17, 15) is 26.7 Å². The van der Waals surface area contributed by atoms with Crippen molar-refractivity contribution in [2.75, 3.05) is 25.0 Å². The van der Waals surface area contributed by atoms with E-state index in [-0.39, 0.29) is 23.9 Å². The maximum absolute atomic E-state index is 14.5. The van der Waals surface area contributed by atoms with Crippen LogP contribution in [0.3, 0.4) is 0 Å². The van der Waals surface area contributed by atoms with Crippen molar-refractivity contribution in [2.45, 2.75) is 38.4 Å². The van der Waals surface area contributed by atoms with Crippen LogP contribution in [0.15, 0.2) is 37.1 Å². The molecule has 0 aromatic carbocycles. The van der Waals surface area contributed by atoms with Crippen LogP contribution in [0.4, 0.5) is 27.9 Å². The average Bonchev–Trinajstić information content (AvgIpc) is 2.82. The number of nitrogens with one attached hydrogen (secondary N) is 3. The van der Waals surface area contributed by atoms with Crippen molar-refractivity contribution in [1.29, 1.82) is 5.41 Å². The first-order chi connectivity index (χ1) is 16.9. The van der Waals surface area contributed by atoms with Gasteiger partial charge in [0.2, 0.25) is 5.95 Å². The summed E-state index contributed by atoms with van der Waals surface area (Å²) >= 11 is 0. The summed E-state index contributed by atoms with van der Waals surface area (Å²) < 4.78 is 67.2. The van der Waals surface area contributed by atoms with E-state index < -0.39 is 54.2 Å². The highest BCUT2D eigenvalue weighted by molar-refractivity contribution is 6.54. The van der Waals surface area contributed by atoms with Gasteiger partial charge in [-0.15, -0.1) is 0 Å². The Bertz CT molecular complexity index is 1090. The number of likely N-dealkylation sites (tertiary alicyclic amines) is 1. The monoisotopic (exact) mass is 512 g/mol. The number of nitrogens with zero attached hydrogens (tertiary/aromatic N) is 5. The molecule has 2 aromatic heterocycles. The van der Waals surface area contributed by atoms with E-state index in [1.165, 1.54) is 25.5 Å². The first kappa shape index (κ1) is 26.9. The highest BCUT2D eigenvalue weighted by Gasteiger charge is 2.47. The molecule has 2 atom stereocenters. The van der Waals surface area contributed by atoms with Gasteiger partial charge in [-0.25, -0.2) is 28.7 Å². The fourth-order valence-electron chi connectivity index (χ4n) is 3.79. The highest BCUT2D eigenvalue weighted by Crippen LogP contribution is 2.35. The number of halogens is 5. The second-order valence-electron chi connectivity index (χ2n) is 8.27. The van der Waals surface area contributed by atoms with Gasteiger partial charge in [-0.05, 0) is 18.9 Å². The van der Waals surface area contributed by atoms with E-state index in [4.69, 9.17) is 5.41 Å². The summed E-state index contributed by atoms with van der Waals surface area (Å²) in [5, 5.41) is 14.1. The number of hydrogen-bond donors (Lipinski definition) is 3. The van der Waals surface area contributed by atoms with E-state index in [1.807, 2.05) is 0 Å². The molecule has 194 valence electrons. The van der Waals surface area contributed by atoms with Crippen LogP contribution in [0.2, 0.25) is 0 Å². The molecule has 0 saturated carbocycles. The number of carbonyl (C=O) groups is 1. The first-order valence-corrected chi connectivity index (χ1v) is 11.0. The molecule has 14 heteroatoms.